The number of ether oxygens (including phenoxy) is 1. The molecule has 0 saturated heterocycles. The van der Waals surface area contributed by atoms with Crippen molar-refractivity contribution < 1.29 is 13.2 Å². The Balaban J connectivity index is 2.00. The summed E-state index contributed by atoms with van der Waals surface area (Å²) in [5, 5.41) is 6.27. The van der Waals surface area contributed by atoms with Crippen LogP contribution in [-0.4, -0.2) is 25.7 Å². The number of hydrogen-bond acceptors (Lipinski definition) is 5. The Morgan fingerprint density at radius 3 is 2.41 bits per heavy atom. The van der Waals surface area contributed by atoms with Gasteiger partial charge in [0.2, 0.25) is 0 Å². The van der Waals surface area contributed by atoms with E-state index >= 15 is 0 Å². The molecule has 0 aliphatic rings. The Labute approximate surface area is 157 Å². The van der Waals surface area contributed by atoms with E-state index in [0.29, 0.717) is 16.9 Å². The predicted octanol–water partition coefficient (Wildman–Crippen LogP) is 2.81. The third-order valence-electron chi connectivity index (χ3n) is 4.04. The normalized spacial score (nSPS) is 11.2. The number of benzene rings is 2. The van der Waals surface area contributed by atoms with Gasteiger partial charge in [-0.3, -0.25) is 9.52 Å². The monoisotopic (exact) mass is 385 g/mol. The third-order valence-corrected chi connectivity index (χ3v) is 5.44. The third kappa shape index (κ3) is 4.17. The van der Waals surface area contributed by atoms with Gasteiger partial charge in [-0.15, -0.1) is 0 Å². The summed E-state index contributed by atoms with van der Waals surface area (Å²) < 4.78 is 33.6. The first-order chi connectivity index (χ1) is 12.9. The summed E-state index contributed by atoms with van der Waals surface area (Å²) >= 11 is 0. The topological polar surface area (TPSA) is 101 Å². The van der Waals surface area contributed by atoms with E-state index < -0.39 is 10.0 Å². The number of nitrogens with zero attached hydrogens (tertiary/aromatic N) is 1. The van der Waals surface area contributed by atoms with Crippen LogP contribution in [0.4, 0.5) is 5.69 Å². The lowest BCUT2D eigenvalue weighted by Crippen LogP contribution is -2.14. The van der Waals surface area contributed by atoms with Crippen LogP contribution in [0.25, 0.3) is 11.3 Å². The van der Waals surface area contributed by atoms with Crippen LogP contribution in [0.2, 0.25) is 0 Å². The first-order valence-electron chi connectivity index (χ1n) is 8.29. The van der Waals surface area contributed by atoms with E-state index in [4.69, 9.17) is 4.74 Å². The van der Waals surface area contributed by atoms with Gasteiger partial charge in [0.05, 0.1) is 12.8 Å². The van der Waals surface area contributed by atoms with E-state index in [-0.39, 0.29) is 16.2 Å². The maximum atomic E-state index is 12.9. The Morgan fingerprint density at radius 2 is 1.81 bits per heavy atom. The maximum absolute atomic E-state index is 12.9. The summed E-state index contributed by atoms with van der Waals surface area (Å²) in [5.74, 6) is 0.209. The molecule has 0 radical (unpaired) electrons. The molecule has 2 aromatic carbocycles. The van der Waals surface area contributed by atoms with Crippen molar-refractivity contribution in [1.29, 1.82) is 0 Å². The van der Waals surface area contributed by atoms with Gasteiger partial charge < -0.3 is 4.74 Å². The van der Waals surface area contributed by atoms with Crippen LogP contribution in [0, 0.1) is 0 Å². The Hall–Kier alpha value is -3.13. The molecule has 0 aliphatic carbocycles. The zero-order valence-electron chi connectivity index (χ0n) is 14.9. The number of rotatable bonds is 6. The van der Waals surface area contributed by atoms with Crippen molar-refractivity contribution in [2.24, 2.45) is 0 Å². The van der Waals surface area contributed by atoms with Crippen molar-refractivity contribution >= 4 is 15.7 Å². The highest BCUT2D eigenvalue weighted by molar-refractivity contribution is 7.92. The van der Waals surface area contributed by atoms with Gasteiger partial charge in [-0.1, -0.05) is 19.1 Å². The molecule has 3 rings (SSSR count). The summed E-state index contributed by atoms with van der Waals surface area (Å²) in [7, 11) is -2.48. The van der Waals surface area contributed by atoms with Crippen molar-refractivity contribution in [2.45, 2.75) is 18.2 Å². The second kappa shape index (κ2) is 7.63. The van der Waals surface area contributed by atoms with Gasteiger partial charge in [-0.2, -0.15) is 5.10 Å². The molecule has 0 unspecified atom stereocenters. The molecular formula is C19H19N3O4S. The van der Waals surface area contributed by atoms with Gasteiger partial charge in [-0.25, -0.2) is 13.5 Å². The van der Waals surface area contributed by atoms with E-state index in [1.54, 1.807) is 24.3 Å². The Bertz CT molecular complexity index is 1090. The molecule has 0 amide bonds. The van der Waals surface area contributed by atoms with Crippen LogP contribution in [0.5, 0.6) is 5.75 Å². The molecule has 7 nitrogen and oxygen atoms in total. The molecule has 1 heterocycles. The molecule has 140 valence electrons. The molecule has 0 fully saturated rings. The fourth-order valence-corrected chi connectivity index (χ4v) is 3.82. The predicted molar refractivity (Wildman–Crippen MR) is 103 cm³/mol. The molecule has 8 heteroatoms. The number of sulfonamides is 1. The van der Waals surface area contributed by atoms with Crippen LogP contribution in [0.15, 0.2) is 64.3 Å². The minimum Gasteiger partial charge on any atom is -0.495 e. The van der Waals surface area contributed by atoms with Crippen LogP contribution in [0.1, 0.15) is 12.5 Å². The second-order valence-corrected chi connectivity index (χ2v) is 7.48. The summed E-state index contributed by atoms with van der Waals surface area (Å²) in [6.07, 6.45) is 0.870. The van der Waals surface area contributed by atoms with Gasteiger partial charge in [0.15, 0.2) is 0 Å². The highest BCUT2D eigenvalue weighted by Gasteiger charge is 2.21. The van der Waals surface area contributed by atoms with Gasteiger partial charge in [0, 0.05) is 17.3 Å². The van der Waals surface area contributed by atoms with Crippen molar-refractivity contribution in [1.82, 2.24) is 10.2 Å². The van der Waals surface area contributed by atoms with E-state index in [1.807, 2.05) is 19.1 Å². The number of aryl methyl sites for hydroxylation is 1. The molecule has 3 aromatic rings. The molecule has 0 bridgehead atoms. The number of methoxy groups -OCH3 is 1. The van der Waals surface area contributed by atoms with Crippen LogP contribution in [0.3, 0.4) is 0 Å². The van der Waals surface area contributed by atoms with Crippen molar-refractivity contribution in [3.05, 3.63) is 70.5 Å². The van der Waals surface area contributed by atoms with Crippen LogP contribution < -0.4 is 15.0 Å². The molecule has 0 aliphatic heterocycles. The fraction of sp³-hybridized carbons (Fsp3) is 0.158. The van der Waals surface area contributed by atoms with Gasteiger partial charge in [-0.05, 0) is 48.4 Å². The molecular weight excluding hydrogens is 366 g/mol. The maximum Gasteiger partial charge on any atom is 0.265 e. The van der Waals surface area contributed by atoms with Crippen molar-refractivity contribution in [3.63, 3.8) is 0 Å². The van der Waals surface area contributed by atoms with Gasteiger partial charge in [0.25, 0.3) is 15.6 Å². The molecule has 0 saturated carbocycles. The van der Waals surface area contributed by atoms with E-state index in [0.717, 1.165) is 12.0 Å². The Kier molecular flexibility index (Phi) is 5.27. The molecule has 1 aromatic heterocycles. The number of H-pyrrole nitrogens is 1. The summed E-state index contributed by atoms with van der Waals surface area (Å²) in [6.45, 7) is 2.03. The van der Waals surface area contributed by atoms with Crippen molar-refractivity contribution in [2.75, 3.05) is 11.8 Å². The molecule has 0 atom stereocenters. The van der Waals surface area contributed by atoms with Crippen LogP contribution >= 0.6 is 0 Å². The number of nitrogens with one attached hydrogen (secondary N) is 2. The number of aromatic amines is 1. The summed E-state index contributed by atoms with van der Waals surface area (Å²) in [4.78, 5) is 11.2. The number of hydrogen-bond donors (Lipinski definition) is 2. The zero-order valence-corrected chi connectivity index (χ0v) is 15.7. The number of anilines is 1. The highest BCUT2D eigenvalue weighted by atomic mass is 32.2. The van der Waals surface area contributed by atoms with E-state index in [9.17, 15) is 13.2 Å². The van der Waals surface area contributed by atoms with Crippen LogP contribution in [-0.2, 0) is 16.4 Å². The number of aromatic nitrogens is 2. The zero-order chi connectivity index (χ0) is 19.4. The lowest BCUT2D eigenvalue weighted by molar-refractivity contribution is 0.403. The average Bonchev–Trinajstić information content (AvgIpc) is 2.68. The Morgan fingerprint density at radius 1 is 1.07 bits per heavy atom. The fourth-order valence-electron chi connectivity index (χ4n) is 2.57. The highest BCUT2D eigenvalue weighted by Crippen LogP contribution is 2.30. The van der Waals surface area contributed by atoms with Crippen molar-refractivity contribution in [3.8, 4) is 17.0 Å². The standard InChI is InChI=1S/C19H19N3O4S/c1-3-13-4-7-15(8-5-13)22-27(24,25)18-12-14(6-10-17(18)26-2)16-9-11-19(23)21-20-16/h4-12,22H,3H2,1-2H3,(H,21,23). The lowest BCUT2D eigenvalue weighted by atomic mass is 10.1. The molecule has 0 spiro atoms. The molecule has 27 heavy (non-hydrogen) atoms. The SMILES string of the molecule is CCc1ccc(NS(=O)(=O)c2cc(-c3ccc(=O)[nH]n3)ccc2OC)cc1. The van der Waals surface area contributed by atoms with E-state index in [1.165, 1.54) is 25.3 Å². The second-order valence-electron chi connectivity index (χ2n) is 5.83. The lowest BCUT2D eigenvalue weighted by Gasteiger charge is -2.13. The van der Waals surface area contributed by atoms with Gasteiger partial charge >= 0.3 is 0 Å². The minimum absolute atomic E-state index is 0.0185. The first-order valence-corrected chi connectivity index (χ1v) is 9.77. The van der Waals surface area contributed by atoms with Gasteiger partial charge in [0.1, 0.15) is 10.6 Å². The minimum atomic E-state index is -3.89. The van der Waals surface area contributed by atoms with E-state index in [2.05, 4.69) is 14.9 Å². The largest absolute Gasteiger partial charge is 0.495 e. The quantitative estimate of drug-likeness (QED) is 0.679. The first kappa shape index (κ1) is 18.7. The smallest absolute Gasteiger partial charge is 0.265 e. The summed E-state index contributed by atoms with van der Waals surface area (Å²) in [5.41, 5.74) is 2.22. The summed E-state index contributed by atoms with van der Waals surface area (Å²) in [6, 6.07) is 14.7. The molecule has 2 N–H and O–H groups in total. The average molecular weight is 385 g/mol.